The van der Waals surface area contributed by atoms with Crippen LogP contribution in [0.25, 0.3) is 0 Å². The van der Waals surface area contributed by atoms with Gasteiger partial charge in [-0.3, -0.25) is 9.10 Å². The first-order valence-corrected chi connectivity index (χ1v) is 13.8. The molecule has 36 heavy (non-hydrogen) atoms. The molecule has 1 heterocycles. The third-order valence-electron chi connectivity index (χ3n) is 6.79. The Balaban J connectivity index is 1.55. The van der Waals surface area contributed by atoms with Crippen LogP contribution < -0.4 is 9.04 Å². The summed E-state index contributed by atoms with van der Waals surface area (Å²) in [6, 6.07) is 22.7. The lowest BCUT2D eigenvalue weighted by Crippen LogP contribution is -2.46. The van der Waals surface area contributed by atoms with Gasteiger partial charge in [-0.05, 0) is 80.0 Å². The van der Waals surface area contributed by atoms with Crippen LogP contribution >= 0.6 is 0 Å². The van der Waals surface area contributed by atoms with Crippen LogP contribution in [0, 0.1) is 19.8 Å². The monoisotopic (exact) mass is 506 g/mol. The second kappa shape index (κ2) is 11.2. The molecule has 0 N–H and O–H groups in total. The average molecular weight is 507 g/mol. The molecule has 0 atom stereocenters. The SMILES string of the molecule is COc1ccc(C)cc1S(=O)(=O)N(CC(=O)N1CCC(Cc2ccccc2)CC1)c1cccc(C)c1. The number of rotatable bonds is 8. The molecular weight excluding hydrogens is 472 g/mol. The van der Waals surface area contributed by atoms with Crippen LogP contribution in [0.5, 0.6) is 5.75 Å². The van der Waals surface area contributed by atoms with Crippen LogP contribution in [-0.4, -0.2) is 46.0 Å². The summed E-state index contributed by atoms with van der Waals surface area (Å²) in [6.45, 7) is 4.74. The summed E-state index contributed by atoms with van der Waals surface area (Å²) in [5.41, 5.74) is 3.49. The Bertz CT molecular complexity index is 1300. The molecule has 0 bridgehead atoms. The first-order chi connectivity index (χ1) is 17.3. The fourth-order valence-corrected chi connectivity index (χ4v) is 6.41. The number of benzene rings is 3. The molecule has 3 aromatic carbocycles. The van der Waals surface area contributed by atoms with E-state index in [1.807, 2.05) is 26.0 Å². The zero-order chi connectivity index (χ0) is 25.7. The van der Waals surface area contributed by atoms with E-state index in [9.17, 15) is 13.2 Å². The van der Waals surface area contributed by atoms with Crippen LogP contribution in [0.15, 0.2) is 77.7 Å². The van der Waals surface area contributed by atoms with Crippen molar-refractivity contribution < 1.29 is 17.9 Å². The first kappa shape index (κ1) is 25.8. The Kier molecular flexibility index (Phi) is 7.99. The maximum absolute atomic E-state index is 13.9. The molecule has 0 aliphatic carbocycles. The maximum atomic E-state index is 13.9. The van der Waals surface area contributed by atoms with Gasteiger partial charge in [0.05, 0.1) is 12.8 Å². The lowest BCUT2D eigenvalue weighted by molar-refractivity contribution is -0.130. The summed E-state index contributed by atoms with van der Waals surface area (Å²) in [7, 11) is -2.61. The first-order valence-electron chi connectivity index (χ1n) is 12.3. The molecule has 1 fully saturated rings. The lowest BCUT2D eigenvalue weighted by Gasteiger charge is -2.34. The molecule has 1 amide bonds. The standard InChI is InChI=1S/C29H34N2O4S/c1-22-8-7-11-26(18-22)31(36(33,34)28-19-23(2)12-13-27(28)35-3)21-29(32)30-16-14-25(15-17-30)20-24-9-5-4-6-10-24/h4-13,18-19,25H,14-17,20-21H2,1-3H3. The largest absolute Gasteiger partial charge is 0.495 e. The number of hydrogen-bond acceptors (Lipinski definition) is 4. The number of piperidine rings is 1. The van der Waals surface area contributed by atoms with Crippen molar-refractivity contribution in [3.63, 3.8) is 0 Å². The van der Waals surface area contributed by atoms with Crippen molar-refractivity contribution in [2.24, 2.45) is 5.92 Å². The van der Waals surface area contributed by atoms with Crippen LogP contribution in [-0.2, 0) is 21.2 Å². The number of likely N-dealkylation sites (tertiary alicyclic amines) is 1. The second-order valence-corrected chi connectivity index (χ2v) is 11.3. The highest BCUT2D eigenvalue weighted by Gasteiger charge is 2.32. The van der Waals surface area contributed by atoms with E-state index in [1.54, 1.807) is 41.3 Å². The minimum absolute atomic E-state index is 0.0564. The molecule has 1 saturated heterocycles. The van der Waals surface area contributed by atoms with Gasteiger partial charge in [0, 0.05) is 13.1 Å². The van der Waals surface area contributed by atoms with Crippen molar-refractivity contribution in [2.75, 3.05) is 31.0 Å². The van der Waals surface area contributed by atoms with E-state index in [2.05, 4.69) is 24.3 Å². The molecular formula is C29H34N2O4S. The molecule has 1 aliphatic rings. The molecule has 0 saturated carbocycles. The van der Waals surface area contributed by atoms with Gasteiger partial charge in [0.1, 0.15) is 17.2 Å². The Labute approximate surface area is 214 Å². The maximum Gasteiger partial charge on any atom is 0.268 e. The highest BCUT2D eigenvalue weighted by Crippen LogP contribution is 2.31. The minimum Gasteiger partial charge on any atom is -0.495 e. The van der Waals surface area contributed by atoms with Gasteiger partial charge in [-0.25, -0.2) is 8.42 Å². The summed E-state index contributed by atoms with van der Waals surface area (Å²) in [5.74, 6) is 0.585. The Morgan fingerprint density at radius 1 is 0.944 bits per heavy atom. The Morgan fingerprint density at radius 2 is 1.64 bits per heavy atom. The summed E-state index contributed by atoms with van der Waals surface area (Å²) in [6.07, 6.45) is 2.81. The minimum atomic E-state index is -4.06. The van der Waals surface area contributed by atoms with Gasteiger partial charge in [0.2, 0.25) is 5.91 Å². The van der Waals surface area contributed by atoms with E-state index in [4.69, 9.17) is 4.74 Å². The van der Waals surface area contributed by atoms with Crippen molar-refractivity contribution >= 4 is 21.6 Å². The van der Waals surface area contributed by atoms with Crippen LogP contribution in [0.3, 0.4) is 0 Å². The van der Waals surface area contributed by atoms with Crippen molar-refractivity contribution in [1.29, 1.82) is 0 Å². The van der Waals surface area contributed by atoms with Crippen molar-refractivity contribution in [3.8, 4) is 5.75 Å². The van der Waals surface area contributed by atoms with Crippen LogP contribution in [0.1, 0.15) is 29.5 Å². The van der Waals surface area contributed by atoms with E-state index in [0.717, 1.165) is 30.4 Å². The quantitative estimate of drug-likeness (QED) is 0.432. The number of carbonyl (C=O) groups is 1. The van der Waals surface area contributed by atoms with Crippen LogP contribution in [0.4, 0.5) is 5.69 Å². The molecule has 6 nitrogen and oxygen atoms in total. The number of ether oxygens (including phenoxy) is 1. The summed E-state index contributed by atoms with van der Waals surface area (Å²) in [4.78, 5) is 15.3. The molecule has 3 aromatic rings. The van der Waals surface area contributed by atoms with Crippen molar-refractivity contribution in [3.05, 3.63) is 89.5 Å². The lowest BCUT2D eigenvalue weighted by atomic mass is 9.90. The topological polar surface area (TPSA) is 66.9 Å². The predicted molar refractivity (Wildman–Crippen MR) is 143 cm³/mol. The van der Waals surface area contributed by atoms with Gasteiger partial charge in [-0.15, -0.1) is 0 Å². The Morgan fingerprint density at radius 3 is 2.31 bits per heavy atom. The highest BCUT2D eigenvalue weighted by atomic mass is 32.2. The van der Waals surface area contributed by atoms with Gasteiger partial charge in [-0.2, -0.15) is 0 Å². The molecule has 190 valence electrons. The summed E-state index contributed by atoms with van der Waals surface area (Å²) < 4.78 is 34.4. The predicted octanol–water partition coefficient (Wildman–Crippen LogP) is 4.99. The average Bonchev–Trinajstić information content (AvgIpc) is 2.88. The number of hydrogen-bond donors (Lipinski definition) is 0. The van der Waals surface area contributed by atoms with Gasteiger partial charge < -0.3 is 9.64 Å². The molecule has 0 radical (unpaired) electrons. The second-order valence-electron chi connectivity index (χ2n) is 9.52. The third-order valence-corrected chi connectivity index (χ3v) is 8.59. The van der Waals surface area contributed by atoms with Crippen molar-refractivity contribution in [1.82, 2.24) is 4.90 Å². The fourth-order valence-electron chi connectivity index (χ4n) is 4.76. The number of aryl methyl sites for hydroxylation is 2. The zero-order valence-electron chi connectivity index (χ0n) is 21.2. The highest BCUT2D eigenvalue weighted by molar-refractivity contribution is 7.93. The van der Waals surface area contributed by atoms with E-state index < -0.39 is 10.0 Å². The number of anilines is 1. The fraction of sp³-hybridized carbons (Fsp3) is 0.345. The summed E-state index contributed by atoms with van der Waals surface area (Å²) in [5, 5.41) is 0. The van der Waals surface area contributed by atoms with E-state index in [0.29, 0.717) is 24.7 Å². The van der Waals surface area contributed by atoms with Gasteiger partial charge in [0.15, 0.2) is 0 Å². The van der Waals surface area contributed by atoms with Gasteiger partial charge >= 0.3 is 0 Å². The van der Waals surface area contributed by atoms with Crippen molar-refractivity contribution in [2.45, 2.75) is 38.0 Å². The Hall–Kier alpha value is -3.32. The van der Waals surface area contributed by atoms with Crippen LogP contribution in [0.2, 0.25) is 0 Å². The van der Waals surface area contributed by atoms with Gasteiger partial charge in [-0.1, -0.05) is 48.5 Å². The zero-order valence-corrected chi connectivity index (χ0v) is 22.0. The smallest absolute Gasteiger partial charge is 0.268 e. The number of amides is 1. The summed E-state index contributed by atoms with van der Waals surface area (Å²) >= 11 is 0. The number of sulfonamides is 1. The van der Waals surface area contributed by atoms with E-state index in [-0.39, 0.29) is 23.1 Å². The molecule has 0 unspecified atom stereocenters. The number of carbonyl (C=O) groups excluding carboxylic acids is 1. The van der Waals surface area contributed by atoms with E-state index in [1.165, 1.54) is 17.0 Å². The van der Waals surface area contributed by atoms with E-state index >= 15 is 0 Å². The molecule has 0 aromatic heterocycles. The normalized spacial score (nSPS) is 14.5. The molecule has 4 rings (SSSR count). The molecule has 1 aliphatic heterocycles. The molecule has 0 spiro atoms. The van der Waals surface area contributed by atoms with Gasteiger partial charge in [0.25, 0.3) is 10.0 Å². The number of methoxy groups -OCH3 is 1. The number of nitrogens with zero attached hydrogens (tertiary/aromatic N) is 2. The third kappa shape index (κ3) is 5.90. The molecule has 7 heteroatoms.